The van der Waals surface area contributed by atoms with Crippen molar-refractivity contribution in [3.63, 3.8) is 0 Å². The zero-order chi connectivity index (χ0) is 19.6. The van der Waals surface area contributed by atoms with Gasteiger partial charge in [-0.2, -0.15) is 0 Å². The fraction of sp³-hybridized carbons (Fsp3) is 0.167. The van der Waals surface area contributed by atoms with E-state index < -0.39 is 0 Å². The molecule has 3 aromatic carbocycles. The average Bonchev–Trinajstić information content (AvgIpc) is 2.72. The number of ether oxygens (including phenoxy) is 1. The summed E-state index contributed by atoms with van der Waals surface area (Å²) in [4.78, 5) is 24.2. The van der Waals surface area contributed by atoms with E-state index in [1.54, 1.807) is 0 Å². The second-order valence-electron chi connectivity index (χ2n) is 6.54. The molecule has 0 unspecified atom stereocenters. The maximum atomic E-state index is 12.2. The predicted octanol–water partition coefficient (Wildman–Crippen LogP) is 4.69. The van der Waals surface area contributed by atoms with Crippen molar-refractivity contribution in [1.29, 1.82) is 0 Å². The molecule has 0 radical (unpaired) electrons. The molecule has 0 saturated carbocycles. The topological polar surface area (TPSA) is 55.4 Å². The second kappa shape index (κ2) is 10.1. The minimum absolute atomic E-state index is 0.0340. The number of hydrogen-bond acceptors (Lipinski definition) is 3. The quantitative estimate of drug-likeness (QED) is 0.592. The molecule has 4 nitrogen and oxygen atoms in total. The summed E-state index contributed by atoms with van der Waals surface area (Å²) in [6.45, 7) is 0.479. The standard InChI is InChI=1S/C24H23NO3/c26-21(14-15-24(27)25-18-19-8-3-1-4-9-19)16-20-10-7-13-23(17-20)28-22-11-5-2-6-12-22/h1-13,17H,14-16,18H2,(H,25,27). The third-order valence-corrected chi connectivity index (χ3v) is 4.24. The first-order chi connectivity index (χ1) is 13.7. The molecule has 0 aliphatic carbocycles. The molecular weight excluding hydrogens is 350 g/mol. The molecular formula is C24H23NO3. The molecule has 3 aromatic rings. The Morgan fingerprint density at radius 1 is 0.714 bits per heavy atom. The van der Waals surface area contributed by atoms with Crippen molar-refractivity contribution in [2.75, 3.05) is 0 Å². The van der Waals surface area contributed by atoms with E-state index in [1.807, 2.05) is 84.9 Å². The van der Waals surface area contributed by atoms with Gasteiger partial charge in [-0.1, -0.05) is 60.7 Å². The molecule has 0 bridgehead atoms. The van der Waals surface area contributed by atoms with Crippen molar-refractivity contribution >= 4 is 11.7 Å². The number of rotatable bonds is 9. The fourth-order valence-electron chi connectivity index (χ4n) is 2.80. The summed E-state index contributed by atoms with van der Waals surface area (Å²) in [6.07, 6.45) is 0.716. The highest BCUT2D eigenvalue weighted by molar-refractivity contribution is 5.86. The molecule has 0 aromatic heterocycles. The van der Waals surface area contributed by atoms with E-state index >= 15 is 0 Å². The molecule has 1 N–H and O–H groups in total. The van der Waals surface area contributed by atoms with Crippen molar-refractivity contribution in [2.45, 2.75) is 25.8 Å². The maximum absolute atomic E-state index is 12.2. The number of carbonyl (C=O) groups excluding carboxylic acids is 2. The molecule has 0 atom stereocenters. The molecule has 0 saturated heterocycles. The van der Waals surface area contributed by atoms with Gasteiger partial charge in [0.05, 0.1) is 0 Å². The highest BCUT2D eigenvalue weighted by Crippen LogP contribution is 2.22. The number of ketones is 1. The van der Waals surface area contributed by atoms with E-state index in [9.17, 15) is 9.59 Å². The number of benzene rings is 3. The van der Waals surface area contributed by atoms with Gasteiger partial charge in [0.15, 0.2) is 0 Å². The largest absolute Gasteiger partial charge is 0.457 e. The first-order valence-corrected chi connectivity index (χ1v) is 9.33. The van der Waals surface area contributed by atoms with Crippen LogP contribution in [0.4, 0.5) is 0 Å². The average molecular weight is 373 g/mol. The normalized spacial score (nSPS) is 10.3. The third-order valence-electron chi connectivity index (χ3n) is 4.24. The lowest BCUT2D eigenvalue weighted by Gasteiger charge is -2.08. The molecule has 142 valence electrons. The molecule has 3 rings (SSSR count). The van der Waals surface area contributed by atoms with Gasteiger partial charge in [0.25, 0.3) is 0 Å². The zero-order valence-corrected chi connectivity index (χ0v) is 15.6. The highest BCUT2D eigenvalue weighted by Gasteiger charge is 2.09. The summed E-state index contributed by atoms with van der Waals surface area (Å²) in [6, 6.07) is 26.7. The molecule has 1 amide bonds. The molecule has 0 fully saturated rings. The summed E-state index contributed by atoms with van der Waals surface area (Å²) in [5.41, 5.74) is 1.92. The number of amides is 1. The lowest BCUT2D eigenvalue weighted by atomic mass is 10.1. The van der Waals surface area contributed by atoms with Gasteiger partial charge in [-0.05, 0) is 35.4 Å². The first-order valence-electron chi connectivity index (χ1n) is 9.33. The van der Waals surface area contributed by atoms with Crippen LogP contribution < -0.4 is 10.1 Å². The molecule has 0 aliphatic heterocycles. The second-order valence-corrected chi connectivity index (χ2v) is 6.54. The fourth-order valence-corrected chi connectivity index (χ4v) is 2.80. The summed E-state index contributed by atoms with van der Waals surface area (Å²) in [7, 11) is 0. The molecule has 4 heteroatoms. The van der Waals surface area contributed by atoms with E-state index in [2.05, 4.69) is 5.32 Å². The molecule has 0 heterocycles. The van der Waals surface area contributed by atoms with Crippen LogP contribution in [0, 0.1) is 0 Å². The predicted molar refractivity (Wildman–Crippen MR) is 109 cm³/mol. The number of Topliss-reactive ketones (excluding diaryl/α,β-unsaturated/α-hetero) is 1. The molecule has 0 spiro atoms. The Bertz CT molecular complexity index is 907. The monoisotopic (exact) mass is 373 g/mol. The van der Waals surface area contributed by atoms with Crippen LogP contribution in [0.25, 0.3) is 0 Å². The van der Waals surface area contributed by atoms with E-state index in [1.165, 1.54) is 0 Å². The van der Waals surface area contributed by atoms with Gasteiger partial charge in [-0.15, -0.1) is 0 Å². The van der Waals surface area contributed by atoms with Crippen LogP contribution in [0.5, 0.6) is 11.5 Å². The van der Waals surface area contributed by atoms with Crippen LogP contribution in [-0.4, -0.2) is 11.7 Å². The number of para-hydroxylation sites is 1. The first kappa shape index (κ1) is 19.4. The van der Waals surface area contributed by atoms with Crippen LogP contribution in [0.1, 0.15) is 24.0 Å². The Balaban J connectivity index is 1.44. The molecule has 0 aliphatic rings. The Morgan fingerprint density at radius 2 is 1.36 bits per heavy atom. The van der Waals surface area contributed by atoms with Crippen LogP contribution in [-0.2, 0) is 22.6 Å². The van der Waals surface area contributed by atoms with Crippen LogP contribution >= 0.6 is 0 Å². The number of carbonyl (C=O) groups is 2. The molecule has 28 heavy (non-hydrogen) atoms. The maximum Gasteiger partial charge on any atom is 0.220 e. The van der Waals surface area contributed by atoms with Crippen molar-refractivity contribution in [1.82, 2.24) is 5.32 Å². The van der Waals surface area contributed by atoms with Crippen molar-refractivity contribution < 1.29 is 14.3 Å². The van der Waals surface area contributed by atoms with E-state index in [4.69, 9.17) is 4.74 Å². The van der Waals surface area contributed by atoms with Gasteiger partial charge >= 0.3 is 0 Å². The smallest absolute Gasteiger partial charge is 0.220 e. The van der Waals surface area contributed by atoms with Gasteiger partial charge in [0.2, 0.25) is 5.91 Å². The Labute approximate surface area is 165 Å². The lowest BCUT2D eigenvalue weighted by Crippen LogP contribution is -2.23. The number of hydrogen-bond donors (Lipinski definition) is 1. The van der Waals surface area contributed by atoms with E-state index in [-0.39, 0.29) is 31.0 Å². The van der Waals surface area contributed by atoms with Crippen molar-refractivity contribution in [3.05, 3.63) is 96.1 Å². The van der Waals surface area contributed by atoms with Crippen LogP contribution in [0.15, 0.2) is 84.9 Å². The summed E-state index contributed by atoms with van der Waals surface area (Å²) in [5.74, 6) is 1.36. The Morgan fingerprint density at radius 3 is 2.11 bits per heavy atom. The Hall–Kier alpha value is -3.40. The van der Waals surface area contributed by atoms with Crippen molar-refractivity contribution in [3.8, 4) is 11.5 Å². The van der Waals surface area contributed by atoms with Crippen LogP contribution in [0.3, 0.4) is 0 Å². The minimum atomic E-state index is -0.113. The summed E-state index contributed by atoms with van der Waals surface area (Å²) in [5, 5.41) is 2.84. The van der Waals surface area contributed by atoms with Gasteiger partial charge in [0, 0.05) is 25.8 Å². The summed E-state index contributed by atoms with van der Waals surface area (Å²) >= 11 is 0. The van der Waals surface area contributed by atoms with Crippen LogP contribution in [0.2, 0.25) is 0 Å². The van der Waals surface area contributed by atoms with E-state index in [0.29, 0.717) is 12.3 Å². The third kappa shape index (κ3) is 6.40. The zero-order valence-electron chi connectivity index (χ0n) is 15.6. The SMILES string of the molecule is O=C(CCC(=O)NCc1ccccc1)Cc1cccc(Oc2ccccc2)c1. The number of nitrogens with one attached hydrogen (secondary N) is 1. The minimum Gasteiger partial charge on any atom is -0.457 e. The van der Waals surface area contributed by atoms with E-state index in [0.717, 1.165) is 16.9 Å². The van der Waals surface area contributed by atoms with Gasteiger partial charge < -0.3 is 10.1 Å². The van der Waals surface area contributed by atoms with Crippen molar-refractivity contribution in [2.24, 2.45) is 0 Å². The van der Waals surface area contributed by atoms with Gasteiger partial charge in [-0.25, -0.2) is 0 Å². The Kier molecular flexibility index (Phi) is 6.96. The van der Waals surface area contributed by atoms with Gasteiger partial charge in [0.1, 0.15) is 17.3 Å². The lowest BCUT2D eigenvalue weighted by molar-refractivity contribution is -0.125. The summed E-state index contributed by atoms with van der Waals surface area (Å²) < 4.78 is 5.80. The highest BCUT2D eigenvalue weighted by atomic mass is 16.5. The van der Waals surface area contributed by atoms with Gasteiger partial charge in [-0.3, -0.25) is 9.59 Å².